The standard InChI is InChI=1S/C22H20FN3O2S/c23-15-9-7-14(8-10-15)21-25-19(13-29-21)20-24-18-6-2-1-5-17(18)22(27)26(20)12-16-4-3-11-28-16/h1-2,5-10,13,16,20,24H,3-4,11-12H2. The molecule has 1 saturated heterocycles. The highest BCUT2D eigenvalue weighted by Crippen LogP contribution is 2.36. The lowest BCUT2D eigenvalue weighted by Gasteiger charge is -2.38. The van der Waals surface area contributed by atoms with E-state index in [0.29, 0.717) is 12.1 Å². The number of halogens is 1. The molecule has 7 heteroatoms. The number of ether oxygens (including phenoxy) is 1. The van der Waals surface area contributed by atoms with Gasteiger partial charge in [0.15, 0.2) is 0 Å². The number of carbonyl (C=O) groups excluding carboxylic acids is 1. The summed E-state index contributed by atoms with van der Waals surface area (Å²) in [5.74, 6) is -0.291. The number of carbonyl (C=O) groups is 1. The number of hydrogen-bond donors (Lipinski definition) is 1. The second kappa shape index (κ2) is 7.57. The van der Waals surface area contributed by atoms with Crippen molar-refractivity contribution < 1.29 is 13.9 Å². The van der Waals surface area contributed by atoms with Crippen LogP contribution < -0.4 is 5.32 Å². The molecule has 3 aromatic rings. The quantitative estimate of drug-likeness (QED) is 0.679. The Labute approximate surface area is 172 Å². The van der Waals surface area contributed by atoms with Crippen LogP contribution in [0.15, 0.2) is 53.9 Å². The highest BCUT2D eigenvalue weighted by Gasteiger charge is 2.36. The number of rotatable bonds is 4. The molecule has 29 heavy (non-hydrogen) atoms. The third kappa shape index (κ3) is 3.52. The van der Waals surface area contributed by atoms with Crippen molar-refractivity contribution in [3.05, 3.63) is 71.0 Å². The number of fused-ring (bicyclic) bond motifs is 1. The number of hydrogen-bond acceptors (Lipinski definition) is 5. The molecular weight excluding hydrogens is 389 g/mol. The molecule has 2 aliphatic rings. The average Bonchev–Trinajstić information content (AvgIpc) is 3.43. The third-order valence-electron chi connectivity index (χ3n) is 5.34. The van der Waals surface area contributed by atoms with E-state index in [9.17, 15) is 9.18 Å². The van der Waals surface area contributed by atoms with Crippen molar-refractivity contribution in [1.29, 1.82) is 0 Å². The molecule has 1 aromatic heterocycles. The van der Waals surface area contributed by atoms with E-state index in [1.54, 1.807) is 12.1 Å². The molecule has 0 aliphatic carbocycles. The van der Waals surface area contributed by atoms with E-state index in [4.69, 9.17) is 9.72 Å². The van der Waals surface area contributed by atoms with E-state index in [1.165, 1.54) is 23.5 Å². The molecule has 1 amide bonds. The number of thiazole rings is 1. The molecule has 5 rings (SSSR count). The highest BCUT2D eigenvalue weighted by atomic mass is 32.1. The topological polar surface area (TPSA) is 54.5 Å². The molecule has 148 valence electrons. The zero-order valence-electron chi connectivity index (χ0n) is 15.7. The second-order valence-electron chi connectivity index (χ2n) is 7.27. The first-order valence-electron chi connectivity index (χ1n) is 9.68. The van der Waals surface area contributed by atoms with Crippen LogP contribution in [0.3, 0.4) is 0 Å². The first kappa shape index (κ1) is 18.3. The van der Waals surface area contributed by atoms with Gasteiger partial charge in [-0.05, 0) is 49.2 Å². The van der Waals surface area contributed by atoms with E-state index < -0.39 is 0 Å². The number of amides is 1. The van der Waals surface area contributed by atoms with Gasteiger partial charge < -0.3 is 15.0 Å². The van der Waals surface area contributed by atoms with Gasteiger partial charge in [0, 0.05) is 29.8 Å². The van der Waals surface area contributed by atoms with Gasteiger partial charge in [-0.2, -0.15) is 0 Å². The van der Waals surface area contributed by atoms with Gasteiger partial charge >= 0.3 is 0 Å². The smallest absolute Gasteiger partial charge is 0.257 e. The van der Waals surface area contributed by atoms with Gasteiger partial charge in [-0.15, -0.1) is 11.3 Å². The lowest BCUT2D eigenvalue weighted by atomic mass is 10.1. The average molecular weight is 409 g/mol. The number of nitrogens with zero attached hydrogens (tertiary/aromatic N) is 2. The number of nitrogens with one attached hydrogen (secondary N) is 1. The molecule has 2 aliphatic heterocycles. The van der Waals surface area contributed by atoms with E-state index in [-0.39, 0.29) is 24.0 Å². The Morgan fingerprint density at radius 3 is 2.83 bits per heavy atom. The molecule has 2 unspecified atom stereocenters. The van der Waals surface area contributed by atoms with Gasteiger partial charge in [0.1, 0.15) is 17.0 Å². The third-order valence-corrected chi connectivity index (χ3v) is 6.25. The first-order valence-corrected chi connectivity index (χ1v) is 10.6. The van der Waals surface area contributed by atoms with E-state index in [0.717, 1.165) is 41.4 Å². The minimum Gasteiger partial charge on any atom is -0.376 e. The monoisotopic (exact) mass is 409 g/mol. The van der Waals surface area contributed by atoms with Crippen molar-refractivity contribution in [2.24, 2.45) is 0 Å². The van der Waals surface area contributed by atoms with Crippen molar-refractivity contribution in [1.82, 2.24) is 9.88 Å². The molecule has 0 radical (unpaired) electrons. The molecule has 0 bridgehead atoms. The van der Waals surface area contributed by atoms with Crippen LogP contribution >= 0.6 is 11.3 Å². The van der Waals surface area contributed by atoms with Crippen molar-refractivity contribution in [2.75, 3.05) is 18.5 Å². The fourth-order valence-corrected chi connectivity index (χ4v) is 4.70. The summed E-state index contributed by atoms with van der Waals surface area (Å²) >= 11 is 1.49. The summed E-state index contributed by atoms with van der Waals surface area (Å²) in [5, 5.41) is 6.23. The lowest BCUT2D eigenvalue weighted by molar-refractivity contribution is 0.0423. The predicted molar refractivity (Wildman–Crippen MR) is 110 cm³/mol. The second-order valence-corrected chi connectivity index (χ2v) is 8.13. The predicted octanol–water partition coefficient (Wildman–Crippen LogP) is 4.69. The Balaban J connectivity index is 1.49. The van der Waals surface area contributed by atoms with Crippen LogP contribution in [0.5, 0.6) is 0 Å². The summed E-state index contributed by atoms with van der Waals surface area (Å²) in [6.07, 6.45) is 1.65. The maximum absolute atomic E-state index is 13.3. The van der Waals surface area contributed by atoms with Crippen LogP contribution in [0.1, 0.15) is 35.1 Å². The summed E-state index contributed by atoms with van der Waals surface area (Å²) in [6, 6.07) is 13.8. The largest absolute Gasteiger partial charge is 0.376 e. The highest BCUT2D eigenvalue weighted by molar-refractivity contribution is 7.13. The summed E-state index contributed by atoms with van der Waals surface area (Å²) in [4.78, 5) is 19.9. The first-order chi connectivity index (χ1) is 14.2. The van der Waals surface area contributed by atoms with Gasteiger partial charge in [0.05, 0.1) is 17.4 Å². The number of aromatic nitrogens is 1. The Morgan fingerprint density at radius 1 is 1.21 bits per heavy atom. The number of para-hydroxylation sites is 1. The van der Waals surface area contributed by atoms with Gasteiger partial charge in [-0.25, -0.2) is 9.37 Å². The maximum atomic E-state index is 13.3. The molecule has 1 N–H and O–H groups in total. The van der Waals surface area contributed by atoms with Crippen molar-refractivity contribution in [2.45, 2.75) is 25.1 Å². The fraction of sp³-hybridized carbons (Fsp3) is 0.273. The summed E-state index contributed by atoms with van der Waals surface area (Å²) in [5.41, 5.74) is 3.10. The molecule has 2 aromatic carbocycles. The Hall–Kier alpha value is -2.77. The van der Waals surface area contributed by atoms with Gasteiger partial charge in [0.25, 0.3) is 5.91 Å². The van der Waals surface area contributed by atoms with Crippen molar-refractivity contribution in [3.63, 3.8) is 0 Å². The Kier molecular flexibility index (Phi) is 4.77. The zero-order valence-corrected chi connectivity index (χ0v) is 16.5. The van der Waals surface area contributed by atoms with Gasteiger partial charge in [0.2, 0.25) is 0 Å². The Bertz CT molecular complexity index is 1030. The lowest BCUT2D eigenvalue weighted by Crippen LogP contribution is -2.46. The van der Waals surface area contributed by atoms with Crippen LogP contribution in [-0.4, -0.2) is 35.0 Å². The van der Waals surface area contributed by atoms with Crippen LogP contribution in [0.4, 0.5) is 10.1 Å². The fourth-order valence-electron chi connectivity index (χ4n) is 3.86. The van der Waals surface area contributed by atoms with E-state index in [2.05, 4.69) is 5.32 Å². The van der Waals surface area contributed by atoms with E-state index in [1.807, 2.05) is 34.5 Å². The molecule has 1 fully saturated rings. The molecular formula is C22H20FN3O2S. The van der Waals surface area contributed by atoms with Gasteiger partial charge in [-0.1, -0.05) is 12.1 Å². The zero-order chi connectivity index (χ0) is 19.8. The normalized spacial score (nSPS) is 21.1. The SMILES string of the molecule is O=C1c2ccccc2NC(c2csc(-c3ccc(F)cc3)n2)N1CC1CCCO1. The molecule has 0 spiro atoms. The minimum absolute atomic E-state index is 0.0174. The Morgan fingerprint density at radius 2 is 2.03 bits per heavy atom. The van der Waals surface area contributed by atoms with Crippen molar-refractivity contribution in [3.8, 4) is 10.6 Å². The summed E-state index contributed by atoms with van der Waals surface area (Å²) < 4.78 is 19.0. The summed E-state index contributed by atoms with van der Waals surface area (Å²) in [6.45, 7) is 1.26. The minimum atomic E-state index is -0.368. The van der Waals surface area contributed by atoms with Gasteiger partial charge in [-0.3, -0.25) is 4.79 Å². The van der Waals surface area contributed by atoms with Crippen molar-refractivity contribution >= 4 is 22.9 Å². The number of benzene rings is 2. The van der Waals surface area contributed by atoms with Crippen LogP contribution in [0.2, 0.25) is 0 Å². The molecule has 0 saturated carbocycles. The van der Waals surface area contributed by atoms with E-state index >= 15 is 0 Å². The summed E-state index contributed by atoms with van der Waals surface area (Å²) in [7, 11) is 0. The maximum Gasteiger partial charge on any atom is 0.257 e. The molecule has 2 atom stereocenters. The molecule has 5 nitrogen and oxygen atoms in total. The van der Waals surface area contributed by atoms with Crippen LogP contribution in [0.25, 0.3) is 10.6 Å². The van der Waals surface area contributed by atoms with Crippen LogP contribution in [-0.2, 0) is 4.74 Å². The molecule has 3 heterocycles. The van der Waals surface area contributed by atoms with Crippen LogP contribution in [0, 0.1) is 5.82 Å². The number of anilines is 1.